The molecule has 0 radical (unpaired) electrons. The molecule has 1 N–H and O–H groups in total. The summed E-state index contributed by atoms with van der Waals surface area (Å²) >= 11 is 1.44. The summed E-state index contributed by atoms with van der Waals surface area (Å²) in [5, 5.41) is 4.42. The zero-order valence-electron chi connectivity index (χ0n) is 5.05. The van der Waals surface area contributed by atoms with E-state index in [1.807, 2.05) is 11.4 Å². The summed E-state index contributed by atoms with van der Waals surface area (Å²) < 4.78 is 0. The minimum Gasteiger partial charge on any atom is -0.354 e. The van der Waals surface area contributed by atoms with Gasteiger partial charge in [0.25, 0.3) is 5.91 Å². The van der Waals surface area contributed by atoms with E-state index in [0.29, 0.717) is 0 Å². The Labute approximate surface area is 57.5 Å². The van der Waals surface area contributed by atoms with Gasteiger partial charge in [0, 0.05) is 7.05 Å². The second-order valence-electron chi connectivity index (χ2n) is 1.56. The summed E-state index contributed by atoms with van der Waals surface area (Å²) in [6.45, 7) is 0. The van der Waals surface area contributed by atoms with Gasteiger partial charge in [0.1, 0.15) is 0 Å². The summed E-state index contributed by atoms with van der Waals surface area (Å²) in [6, 6.07) is 3.65. The summed E-state index contributed by atoms with van der Waals surface area (Å²) in [5.41, 5.74) is 0. The molecule has 1 aromatic heterocycles. The predicted molar refractivity (Wildman–Crippen MR) is 37.7 cm³/mol. The molecule has 1 heterocycles. The molecule has 0 aromatic carbocycles. The Balaban J connectivity index is 2.77. The molecule has 9 heavy (non-hydrogen) atoms. The smallest absolute Gasteiger partial charge is 0.261 e. The SMILES string of the molecule is CNC(=O)c1cccs1. The molecule has 1 rings (SSSR count). The van der Waals surface area contributed by atoms with Gasteiger partial charge in [-0.25, -0.2) is 0 Å². The molecule has 3 heteroatoms. The molecule has 1 aromatic rings. The van der Waals surface area contributed by atoms with Crippen LogP contribution in [0.2, 0.25) is 0 Å². The maximum Gasteiger partial charge on any atom is 0.261 e. The summed E-state index contributed by atoms with van der Waals surface area (Å²) in [4.78, 5) is 11.5. The predicted octanol–water partition coefficient (Wildman–Crippen LogP) is 1.11. The fraction of sp³-hybridized carbons (Fsp3) is 0.167. The average Bonchev–Trinajstić information content (AvgIpc) is 2.37. The van der Waals surface area contributed by atoms with Crippen LogP contribution in [0, 0.1) is 0 Å². The van der Waals surface area contributed by atoms with Gasteiger partial charge < -0.3 is 5.32 Å². The minimum absolute atomic E-state index is 0.00926. The molecule has 0 spiro atoms. The molecule has 0 saturated carbocycles. The second-order valence-corrected chi connectivity index (χ2v) is 2.50. The van der Waals surface area contributed by atoms with E-state index in [4.69, 9.17) is 0 Å². The van der Waals surface area contributed by atoms with Crippen LogP contribution in [0.1, 0.15) is 9.67 Å². The van der Waals surface area contributed by atoms with E-state index < -0.39 is 0 Å². The van der Waals surface area contributed by atoms with Crippen molar-refractivity contribution >= 4 is 17.2 Å². The van der Waals surface area contributed by atoms with Gasteiger partial charge in [-0.3, -0.25) is 4.79 Å². The number of hydrogen-bond donors (Lipinski definition) is 1. The number of carbonyl (C=O) groups excluding carboxylic acids is 1. The lowest BCUT2D eigenvalue weighted by Gasteiger charge is -1.90. The van der Waals surface area contributed by atoms with E-state index in [-0.39, 0.29) is 5.91 Å². The molecular weight excluding hydrogens is 134 g/mol. The maximum absolute atomic E-state index is 10.8. The molecule has 0 saturated heterocycles. The first-order valence-electron chi connectivity index (χ1n) is 2.60. The Kier molecular flexibility index (Phi) is 1.85. The third kappa shape index (κ3) is 1.29. The van der Waals surface area contributed by atoms with E-state index in [2.05, 4.69) is 5.32 Å². The van der Waals surface area contributed by atoms with Crippen molar-refractivity contribution in [2.45, 2.75) is 0 Å². The molecule has 48 valence electrons. The van der Waals surface area contributed by atoms with Crippen molar-refractivity contribution < 1.29 is 4.79 Å². The van der Waals surface area contributed by atoms with Crippen LogP contribution in [-0.4, -0.2) is 13.0 Å². The minimum atomic E-state index is -0.00926. The number of nitrogens with one attached hydrogen (secondary N) is 1. The number of thiophene rings is 1. The van der Waals surface area contributed by atoms with Crippen molar-refractivity contribution in [2.24, 2.45) is 0 Å². The molecule has 0 aliphatic rings. The van der Waals surface area contributed by atoms with Crippen LogP contribution in [0.4, 0.5) is 0 Å². The van der Waals surface area contributed by atoms with Crippen molar-refractivity contribution in [3.05, 3.63) is 22.4 Å². The first-order chi connectivity index (χ1) is 4.34. The van der Waals surface area contributed by atoms with Crippen molar-refractivity contribution in [3.63, 3.8) is 0 Å². The standard InChI is InChI=1S/C6H7NOS/c1-7-6(8)5-3-2-4-9-5/h2-4H,1H3,(H,7,8). The Morgan fingerprint density at radius 2 is 2.56 bits per heavy atom. The average molecular weight is 141 g/mol. The fourth-order valence-electron chi connectivity index (χ4n) is 0.531. The molecule has 1 amide bonds. The highest BCUT2D eigenvalue weighted by Gasteiger charge is 2.00. The van der Waals surface area contributed by atoms with Gasteiger partial charge in [-0.05, 0) is 11.4 Å². The van der Waals surface area contributed by atoms with E-state index in [1.165, 1.54) is 11.3 Å². The van der Waals surface area contributed by atoms with Crippen molar-refractivity contribution in [1.82, 2.24) is 5.32 Å². The fourth-order valence-corrected chi connectivity index (χ4v) is 1.20. The molecule has 0 fully saturated rings. The molecule has 0 aliphatic carbocycles. The first-order valence-corrected chi connectivity index (χ1v) is 3.48. The van der Waals surface area contributed by atoms with E-state index in [0.717, 1.165) is 4.88 Å². The van der Waals surface area contributed by atoms with E-state index >= 15 is 0 Å². The number of hydrogen-bond acceptors (Lipinski definition) is 2. The Morgan fingerprint density at radius 3 is 3.00 bits per heavy atom. The van der Waals surface area contributed by atoms with Crippen LogP contribution in [-0.2, 0) is 0 Å². The zero-order chi connectivity index (χ0) is 6.69. The second kappa shape index (κ2) is 2.64. The molecule has 0 bridgehead atoms. The van der Waals surface area contributed by atoms with Crippen molar-refractivity contribution in [1.29, 1.82) is 0 Å². The number of amides is 1. The summed E-state index contributed by atoms with van der Waals surface area (Å²) in [7, 11) is 1.63. The highest BCUT2D eigenvalue weighted by Crippen LogP contribution is 2.06. The first kappa shape index (κ1) is 6.29. The topological polar surface area (TPSA) is 29.1 Å². The molecule has 2 nitrogen and oxygen atoms in total. The van der Waals surface area contributed by atoms with Crippen molar-refractivity contribution in [3.8, 4) is 0 Å². The summed E-state index contributed by atoms with van der Waals surface area (Å²) in [6.07, 6.45) is 0. The largest absolute Gasteiger partial charge is 0.354 e. The molecule has 0 atom stereocenters. The van der Waals surface area contributed by atoms with Gasteiger partial charge in [0.2, 0.25) is 0 Å². The maximum atomic E-state index is 10.8. The quantitative estimate of drug-likeness (QED) is 0.623. The lowest BCUT2D eigenvalue weighted by Crippen LogP contribution is -2.15. The van der Waals surface area contributed by atoms with Crippen LogP contribution in [0.5, 0.6) is 0 Å². The lowest BCUT2D eigenvalue weighted by atomic mass is 10.4. The van der Waals surface area contributed by atoms with Crippen LogP contribution in [0.25, 0.3) is 0 Å². The Morgan fingerprint density at radius 1 is 1.78 bits per heavy atom. The monoisotopic (exact) mass is 141 g/mol. The third-order valence-corrected chi connectivity index (χ3v) is 1.84. The highest BCUT2D eigenvalue weighted by atomic mass is 32.1. The normalized spacial score (nSPS) is 9.00. The Bertz CT molecular complexity index is 193. The number of rotatable bonds is 1. The lowest BCUT2D eigenvalue weighted by molar-refractivity contribution is 0.0967. The van der Waals surface area contributed by atoms with Gasteiger partial charge in [0.05, 0.1) is 4.88 Å². The van der Waals surface area contributed by atoms with Gasteiger partial charge >= 0.3 is 0 Å². The van der Waals surface area contributed by atoms with E-state index in [1.54, 1.807) is 13.1 Å². The van der Waals surface area contributed by atoms with Gasteiger partial charge in [-0.15, -0.1) is 11.3 Å². The van der Waals surface area contributed by atoms with Crippen LogP contribution < -0.4 is 5.32 Å². The third-order valence-electron chi connectivity index (χ3n) is 0.972. The van der Waals surface area contributed by atoms with Gasteiger partial charge in [-0.2, -0.15) is 0 Å². The van der Waals surface area contributed by atoms with Crippen LogP contribution >= 0.6 is 11.3 Å². The molecular formula is C6H7NOS. The summed E-state index contributed by atoms with van der Waals surface area (Å²) in [5.74, 6) is -0.00926. The van der Waals surface area contributed by atoms with Crippen LogP contribution in [0.15, 0.2) is 17.5 Å². The number of carbonyl (C=O) groups is 1. The van der Waals surface area contributed by atoms with E-state index in [9.17, 15) is 4.79 Å². The Hall–Kier alpha value is -0.830. The van der Waals surface area contributed by atoms with Gasteiger partial charge in [0.15, 0.2) is 0 Å². The molecule has 0 aliphatic heterocycles. The zero-order valence-corrected chi connectivity index (χ0v) is 5.87. The van der Waals surface area contributed by atoms with Gasteiger partial charge in [-0.1, -0.05) is 6.07 Å². The van der Waals surface area contributed by atoms with Crippen molar-refractivity contribution in [2.75, 3.05) is 7.05 Å². The molecule has 0 unspecified atom stereocenters. The highest BCUT2D eigenvalue weighted by molar-refractivity contribution is 7.12. The van der Waals surface area contributed by atoms with Crippen LogP contribution in [0.3, 0.4) is 0 Å².